The molecule has 0 bridgehead atoms. The molecule has 37 heavy (non-hydrogen) atoms. The largest absolute Gasteiger partial charge is 0.462 e. The summed E-state index contributed by atoms with van der Waals surface area (Å²) in [5, 5.41) is 3.58. The zero-order valence-corrected chi connectivity index (χ0v) is 21.5. The number of likely N-dealkylation sites (N-methyl/N-ethyl adjacent to an activating group) is 1. The number of rotatable bonds is 7. The summed E-state index contributed by atoms with van der Waals surface area (Å²) >= 11 is 0. The average Bonchev–Trinajstić information content (AvgIpc) is 3.52. The molecule has 0 spiro atoms. The highest BCUT2D eigenvalue weighted by Crippen LogP contribution is 2.31. The summed E-state index contributed by atoms with van der Waals surface area (Å²) in [6.45, 7) is 12.2. The molecule has 2 aromatic heterocycles. The predicted molar refractivity (Wildman–Crippen MR) is 148 cm³/mol. The Morgan fingerprint density at radius 1 is 1.00 bits per heavy atom. The van der Waals surface area contributed by atoms with Crippen LogP contribution in [0, 0.1) is 12.5 Å². The van der Waals surface area contributed by atoms with E-state index in [0.29, 0.717) is 31.1 Å². The van der Waals surface area contributed by atoms with E-state index < -0.39 is 0 Å². The molecule has 4 aromatic rings. The Bertz CT molecular complexity index is 1430. The van der Waals surface area contributed by atoms with E-state index in [2.05, 4.69) is 81.1 Å². The molecule has 7 heteroatoms. The van der Waals surface area contributed by atoms with Crippen molar-refractivity contribution in [3.63, 3.8) is 0 Å². The van der Waals surface area contributed by atoms with Crippen molar-refractivity contribution in [2.45, 2.75) is 38.3 Å². The number of anilines is 1. The van der Waals surface area contributed by atoms with E-state index in [9.17, 15) is 0 Å². The van der Waals surface area contributed by atoms with Crippen LogP contribution < -0.4 is 9.64 Å². The number of hydrogen-bond acceptors (Lipinski definition) is 5. The average molecular weight is 495 g/mol. The van der Waals surface area contributed by atoms with Crippen molar-refractivity contribution in [3.05, 3.63) is 71.8 Å². The maximum Gasteiger partial charge on any atom is 0.319 e. The van der Waals surface area contributed by atoms with Gasteiger partial charge in [0.05, 0.1) is 10.9 Å². The third-order valence-corrected chi connectivity index (χ3v) is 7.99. The molecule has 4 heterocycles. The van der Waals surface area contributed by atoms with E-state index in [0.717, 1.165) is 62.2 Å². The lowest BCUT2D eigenvalue weighted by Crippen LogP contribution is -2.37. The highest BCUT2D eigenvalue weighted by Gasteiger charge is 2.27. The molecule has 2 aliphatic rings. The van der Waals surface area contributed by atoms with E-state index in [1.165, 1.54) is 22.8 Å². The molecule has 0 unspecified atom stereocenters. The molecule has 0 saturated carbocycles. The summed E-state index contributed by atoms with van der Waals surface area (Å²) in [5.74, 6) is 1.32. The lowest BCUT2D eigenvalue weighted by Gasteiger charge is -2.32. The Kier molecular flexibility index (Phi) is 6.67. The summed E-state index contributed by atoms with van der Waals surface area (Å²) in [6.07, 6.45) is 8.84. The summed E-state index contributed by atoms with van der Waals surface area (Å²) in [6, 6.07) is 15.9. The van der Waals surface area contributed by atoms with Gasteiger partial charge in [0, 0.05) is 44.0 Å². The van der Waals surface area contributed by atoms with Gasteiger partial charge in [-0.2, -0.15) is 9.97 Å². The first kappa shape index (κ1) is 23.7. The SMILES string of the molecule is [C-]#[N+]C[C@@H]1CCCN(c2nc(OC[C@@H]3CCCN3C)nc3cn(Cc4cccc5ccccc45)cc23)C1. The number of likely N-dealkylation sites (tertiary alicyclic amines) is 1. The van der Waals surface area contributed by atoms with Gasteiger partial charge < -0.3 is 23.9 Å². The molecule has 0 amide bonds. The summed E-state index contributed by atoms with van der Waals surface area (Å²) < 4.78 is 8.43. The third-order valence-electron chi connectivity index (χ3n) is 7.99. The Morgan fingerprint density at radius 2 is 1.86 bits per heavy atom. The Morgan fingerprint density at radius 3 is 2.73 bits per heavy atom. The van der Waals surface area contributed by atoms with E-state index in [4.69, 9.17) is 21.3 Å². The molecule has 2 saturated heterocycles. The van der Waals surface area contributed by atoms with Gasteiger partial charge in [-0.15, -0.1) is 0 Å². The van der Waals surface area contributed by atoms with Crippen molar-refractivity contribution in [3.8, 4) is 6.01 Å². The second-order valence-corrected chi connectivity index (χ2v) is 10.6. The normalized spacial score (nSPS) is 20.5. The van der Waals surface area contributed by atoms with Crippen LogP contribution in [0.25, 0.3) is 26.5 Å². The van der Waals surface area contributed by atoms with Gasteiger partial charge in [0.25, 0.3) is 0 Å². The number of fused-ring (bicyclic) bond motifs is 2. The Hall–Kier alpha value is -3.63. The summed E-state index contributed by atoms with van der Waals surface area (Å²) in [7, 11) is 2.16. The molecule has 2 aliphatic heterocycles. The molecule has 0 aliphatic carbocycles. The maximum absolute atomic E-state index is 7.35. The van der Waals surface area contributed by atoms with Crippen molar-refractivity contribution < 1.29 is 4.74 Å². The van der Waals surface area contributed by atoms with Gasteiger partial charge in [-0.1, -0.05) is 42.5 Å². The number of nitrogens with zero attached hydrogens (tertiary/aromatic N) is 6. The minimum Gasteiger partial charge on any atom is -0.462 e. The molecule has 0 radical (unpaired) electrons. The van der Waals surface area contributed by atoms with Crippen LogP contribution in [0.2, 0.25) is 0 Å². The van der Waals surface area contributed by atoms with Crippen LogP contribution in [0.3, 0.4) is 0 Å². The Labute approximate surface area is 218 Å². The Balaban J connectivity index is 1.34. The van der Waals surface area contributed by atoms with Crippen LogP contribution in [0.4, 0.5) is 5.82 Å². The van der Waals surface area contributed by atoms with E-state index >= 15 is 0 Å². The van der Waals surface area contributed by atoms with Gasteiger partial charge >= 0.3 is 6.01 Å². The molecule has 2 aromatic carbocycles. The smallest absolute Gasteiger partial charge is 0.319 e. The number of aromatic nitrogens is 3. The molecule has 7 nitrogen and oxygen atoms in total. The zero-order chi connectivity index (χ0) is 25.2. The molecule has 0 N–H and O–H groups in total. The molecule has 2 fully saturated rings. The van der Waals surface area contributed by atoms with Crippen LogP contribution >= 0.6 is 0 Å². The van der Waals surface area contributed by atoms with E-state index in [1.54, 1.807) is 0 Å². The van der Waals surface area contributed by atoms with Gasteiger partial charge in [0.1, 0.15) is 12.4 Å². The zero-order valence-electron chi connectivity index (χ0n) is 21.5. The second-order valence-electron chi connectivity index (χ2n) is 10.6. The van der Waals surface area contributed by atoms with Gasteiger partial charge in [-0.3, -0.25) is 0 Å². The molecule has 2 atom stereocenters. The van der Waals surface area contributed by atoms with Crippen molar-refractivity contribution in [1.82, 2.24) is 19.4 Å². The first-order valence-electron chi connectivity index (χ1n) is 13.4. The first-order chi connectivity index (χ1) is 18.2. The van der Waals surface area contributed by atoms with Crippen LogP contribution in [0.5, 0.6) is 6.01 Å². The van der Waals surface area contributed by atoms with Crippen LogP contribution in [0.1, 0.15) is 31.2 Å². The quantitative estimate of drug-likeness (QED) is 0.329. The number of ether oxygens (including phenoxy) is 1. The monoisotopic (exact) mass is 494 g/mol. The fraction of sp³-hybridized carbons (Fsp3) is 0.433. The fourth-order valence-corrected chi connectivity index (χ4v) is 5.96. The predicted octanol–water partition coefficient (Wildman–Crippen LogP) is 5.24. The molecular formula is C30H34N6O. The van der Waals surface area contributed by atoms with Crippen molar-refractivity contribution in [1.29, 1.82) is 0 Å². The first-order valence-corrected chi connectivity index (χ1v) is 13.4. The summed E-state index contributed by atoms with van der Waals surface area (Å²) in [4.78, 5) is 18.2. The second kappa shape index (κ2) is 10.4. The molecular weight excluding hydrogens is 460 g/mol. The maximum atomic E-state index is 7.35. The minimum absolute atomic E-state index is 0.380. The van der Waals surface area contributed by atoms with Crippen LogP contribution in [-0.2, 0) is 6.54 Å². The van der Waals surface area contributed by atoms with Crippen LogP contribution in [0.15, 0.2) is 54.9 Å². The standard InChI is InChI=1S/C30H34N6O/c1-31-16-22-8-6-15-36(17-22)29-27-19-35(18-24-11-5-10-23-9-3-4-13-26(23)24)20-28(27)32-30(33-29)37-21-25-12-7-14-34(25)2/h3-5,9-11,13,19-20,22,25H,6-8,12,14-18,21H2,2H3/t22-,25-/m0/s1. The van der Waals surface area contributed by atoms with Gasteiger partial charge in [-0.25, -0.2) is 6.57 Å². The van der Waals surface area contributed by atoms with Crippen LogP contribution in [-0.4, -0.2) is 65.3 Å². The van der Waals surface area contributed by atoms with Crippen molar-refractivity contribution in [2.24, 2.45) is 5.92 Å². The lowest BCUT2D eigenvalue weighted by molar-refractivity contribution is 0.188. The minimum atomic E-state index is 0.380. The highest BCUT2D eigenvalue weighted by atomic mass is 16.5. The summed E-state index contributed by atoms with van der Waals surface area (Å²) in [5.41, 5.74) is 2.19. The van der Waals surface area contributed by atoms with Gasteiger partial charge in [-0.05, 0) is 55.6 Å². The lowest BCUT2D eigenvalue weighted by atomic mass is 9.98. The number of hydrogen-bond donors (Lipinski definition) is 0. The van der Waals surface area contributed by atoms with Gasteiger partial charge in [0.15, 0.2) is 0 Å². The van der Waals surface area contributed by atoms with E-state index in [-0.39, 0.29) is 0 Å². The van der Waals surface area contributed by atoms with Crippen molar-refractivity contribution >= 4 is 27.5 Å². The highest BCUT2D eigenvalue weighted by molar-refractivity contribution is 5.90. The third kappa shape index (κ3) is 4.99. The van der Waals surface area contributed by atoms with Gasteiger partial charge in [0.2, 0.25) is 6.54 Å². The molecule has 190 valence electrons. The topological polar surface area (TPSA) is 50.8 Å². The molecule has 6 rings (SSSR count). The van der Waals surface area contributed by atoms with E-state index in [1.807, 2.05) is 0 Å². The number of piperidine rings is 1. The van der Waals surface area contributed by atoms with Crippen molar-refractivity contribution in [2.75, 3.05) is 44.7 Å². The fourth-order valence-electron chi connectivity index (χ4n) is 5.96. The number of benzene rings is 2.